The van der Waals surface area contributed by atoms with Crippen LogP contribution in [0.25, 0.3) is 11.4 Å². The molecule has 5 nitrogen and oxygen atoms in total. The molecule has 0 fully saturated rings. The lowest BCUT2D eigenvalue weighted by Crippen LogP contribution is -2.33. The van der Waals surface area contributed by atoms with E-state index in [-0.39, 0.29) is 11.7 Å². The summed E-state index contributed by atoms with van der Waals surface area (Å²) in [4.78, 5) is 3.79. The molecule has 0 aliphatic carbocycles. The van der Waals surface area contributed by atoms with Crippen molar-refractivity contribution in [2.75, 3.05) is 0 Å². The summed E-state index contributed by atoms with van der Waals surface area (Å²) >= 11 is 0. The molecule has 0 spiro atoms. The Balaban J connectivity index is 2.20. The van der Waals surface area contributed by atoms with Gasteiger partial charge >= 0.3 is 6.18 Å². The topological polar surface area (TPSA) is 72.3 Å². The summed E-state index contributed by atoms with van der Waals surface area (Å²) in [5.74, 6) is -1.51. The molecule has 0 radical (unpaired) electrons. The maximum Gasteiger partial charge on any atom is 0.415 e. The fraction of sp³-hybridized carbons (Fsp3) is 0.400. The molecular weight excluding hydrogens is 253 g/mol. The maximum atomic E-state index is 12.3. The molecule has 2 atom stereocenters. The van der Waals surface area contributed by atoms with Crippen LogP contribution in [0.1, 0.15) is 18.7 Å². The number of furan rings is 1. The second-order valence-electron chi connectivity index (χ2n) is 3.74. The van der Waals surface area contributed by atoms with Crippen molar-refractivity contribution >= 4 is 0 Å². The summed E-state index contributed by atoms with van der Waals surface area (Å²) in [6.45, 7) is 1.16. The van der Waals surface area contributed by atoms with Gasteiger partial charge in [-0.3, -0.25) is 0 Å². The number of nitrogens with zero attached hydrogens (tertiary/aromatic N) is 2. The first-order valence-corrected chi connectivity index (χ1v) is 5.00. The summed E-state index contributed by atoms with van der Waals surface area (Å²) in [6.07, 6.45) is -4.57. The van der Waals surface area contributed by atoms with Crippen molar-refractivity contribution in [3.8, 4) is 11.4 Å². The Morgan fingerprint density at radius 2 is 2.11 bits per heavy atom. The number of aromatic nitrogens is 2. The van der Waals surface area contributed by atoms with Gasteiger partial charge in [0.1, 0.15) is 6.26 Å². The minimum atomic E-state index is -4.73. The summed E-state index contributed by atoms with van der Waals surface area (Å²) < 4.78 is 46.4. The molecule has 0 bridgehead atoms. The number of aliphatic hydroxyl groups excluding tert-OH is 1. The highest BCUT2D eigenvalue weighted by atomic mass is 19.4. The van der Waals surface area contributed by atoms with Gasteiger partial charge in [0.25, 0.3) is 0 Å². The van der Waals surface area contributed by atoms with Gasteiger partial charge in [-0.25, -0.2) is 0 Å². The molecule has 2 unspecified atom stereocenters. The van der Waals surface area contributed by atoms with Crippen molar-refractivity contribution in [2.45, 2.75) is 25.1 Å². The van der Waals surface area contributed by atoms with E-state index in [1.165, 1.54) is 12.5 Å². The van der Waals surface area contributed by atoms with Crippen molar-refractivity contribution in [1.82, 2.24) is 10.1 Å². The molecular formula is C10H9F3N2O3. The summed E-state index contributed by atoms with van der Waals surface area (Å²) in [5, 5.41) is 12.6. The molecule has 2 aromatic rings. The fourth-order valence-corrected chi connectivity index (χ4v) is 1.35. The second kappa shape index (κ2) is 4.45. The standard InChI is InChI=1S/C10H9F3N2O3/c1-5(7(16)10(11,12)13)9-14-8(15-18-9)6-2-3-17-4-6/h2-5,7,16H,1H3. The van der Waals surface area contributed by atoms with Crippen LogP contribution in [0.15, 0.2) is 27.5 Å². The van der Waals surface area contributed by atoms with E-state index in [1.54, 1.807) is 6.07 Å². The number of hydrogen-bond donors (Lipinski definition) is 1. The van der Waals surface area contributed by atoms with E-state index in [0.717, 1.165) is 6.92 Å². The molecule has 0 aliphatic heterocycles. The van der Waals surface area contributed by atoms with Gasteiger partial charge in [-0.15, -0.1) is 0 Å². The molecule has 18 heavy (non-hydrogen) atoms. The first kappa shape index (κ1) is 12.6. The lowest BCUT2D eigenvalue weighted by atomic mass is 10.0. The van der Waals surface area contributed by atoms with Gasteiger partial charge in [0.2, 0.25) is 11.7 Å². The van der Waals surface area contributed by atoms with Crippen LogP contribution in [0.3, 0.4) is 0 Å². The largest absolute Gasteiger partial charge is 0.472 e. The van der Waals surface area contributed by atoms with Crippen molar-refractivity contribution < 1.29 is 27.2 Å². The Labute approximate surface area is 99.2 Å². The Morgan fingerprint density at radius 1 is 1.39 bits per heavy atom. The highest BCUT2D eigenvalue weighted by Crippen LogP contribution is 2.31. The predicted molar refractivity (Wildman–Crippen MR) is 52.5 cm³/mol. The zero-order valence-corrected chi connectivity index (χ0v) is 9.18. The van der Waals surface area contributed by atoms with Gasteiger partial charge in [-0.1, -0.05) is 12.1 Å². The molecule has 0 aromatic carbocycles. The van der Waals surface area contributed by atoms with Gasteiger partial charge in [0.05, 0.1) is 17.7 Å². The third-order valence-electron chi connectivity index (χ3n) is 2.42. The van der Waals surface area contributed by atoms with Crippen LogP contribution in [-0.2, 0) is 0 Å². The lowest BCUT2D eigenvalue weighted by Gasteiger charge is -2.17. The number of hydrogen-bond acceptors (Lipinski definition) is 5. The Hall–Kier alpha value is -1.83. The molecule has 2 rings (SSSR count). The smallest absolute Gasteiger partial charge is 0.415 e. The third kappa shape index (κ3) is 2.37. The average Bonchev–Trinajstić information content (AvgIpc) is 2.95. The fourth-order valence-electron chi connectivity index (χ4n) is 1.35. The maximum absolute atomic E-state index is 12.3. The normalized spacial score (nSPS) is 15.6. The van der Waals surface area contributed by atoms with Crippen LogP contribution in [0.5, 0.6) is 0 Å². The molecule has 2 aromatic heterocycles. The number of aliphatic hydroxyl groups is 1. The van der Waals surface area contributed by atoms with E-state index in [1.807, 2.05) is 0 Å². The molecule has 98 valence electrons. The van der Waals surface area contributed by atoms with Crippen LogP contribution < -0.4 is 0 Å². The minimum absolute atomic E-state index is 0.111. The van der Waals surface area contributed by atoms with Crippen molar-refractivity contribution in [1.29, 1.82) is 0 Å². The molecule has 0 aliphatic rings. The van der Waals surface area contributed by atoms with E-state index < -0.39 is 18.2 Å². The predicted octanol–water partition coefficient (Wildman–Crippen LogP) is 2.36. The van der Waals surface area contributed by atoms with E-state index in [4.69, 9.17) is 14.0 Å². The summed E-state index contributed by atoms with van der Waals surface area (Å²) in [5.41, 5.74) is 0.485. The number of alkyl halides is 3. The molecule has 0 saturated carbocycles. The molecule has 0 saturated heterocycles. The van der Waals surface area contributed by atoms with Crippen LogP contribution in [0.2, 0.25) is 0 Å². The zero-order valence-electron chi connectivity index (χ0n) is 9.18. The molecule has 8 heteroatoms. The van der Waals surface area contributed by atoms with Crippen LogP contribution in [0, 0.1) is 0 Å². The molecule has 0 amide bonds. The Bertz CT molecular complexity index is 507. The zero-order chi connectivity index (χ0) is 13.3. The van der Waals surface area contributed by atoms with Gasteiger partial charge < -0.3 is 14.0 Å². The van der Waals surface area contributed by atoms with Crippen molar-refractivity contribution in [3.63, 3.8) is 0 Å². The highest BCUT2D eigenvalue weighted by Gasteiger charge is 2.44. The quantitative estimate of drug-likeness (QED) is 0.919. The molecule has 1 N–H and O–H groups in total. The average molecular weight is 262 g/mol. The lowest BCUT2D eigenvalue weighted by molar-refractivity contribution is -0.210. The van der Waals surface area contributed by atoms with Crippen molar-refractivity contribution in [3.05, 3.63) is 24.5 Å². The number of halogens is 3. The van der Waals surface area contributed by atoms with E-state index >= 15 is 0 Å². The van der Waals surface area contributed by atoms with Crippen LogP contribution in [-0.4, -0.2) is 27.5 Å². The van der Waals surface area contributed by atoms with Gasteiger partial charge in [-0.05, 0) is 6.07 Å². The van der Waals surface area contributed by atoms with Crippen LogP contribution in [0.4, 0.5) is 13.2 Å². The van der Waals surface area contributed by atoms with E-state index in [0.29, 0.717) is 5.56 Å². The highest BCUT2D eigenvalue weighted by molar-refractivity contribution is 5.51. The monoisotopic (exact) mass is 262 g/mol. The minimum Gasteiger partial charge on any atom is -0.472 e. The SMILES string of the molecule is CC(c1nc(-c2ccoc2)no1)C(O)C(F)(F)F. The Morgan fingerprint density at radius 3 is 2.67 bits per heavy atom. The molecule has 2 heterocycles. The second-order valence-corrected chi connectivity index (χ2v) is 3.74. The van der Waals surface area contributed by atoms with E-state index in [2.05, 4.69) is 10.1 Å². The van der Waals surface area contributed by atoms with Gasteiger partial charge in [-0.2, -0.15) is 18.2 Å². The summed E-state index contributed by atoms with van der Waals surface area (Å²) in [7, 11) is 0. The third-order valence-corrected chi connectivity index (χ3v) is 2.42. The van der Waals surface area contributed by atoms with Gasteiger partial charge in [0.15, 0.2) is 6.10 Å². The van der Waals surface area contributed by atoms with E-state index in [9.17, 15) is 13.2 Å². The van der Waals surface area contributed by atoms with Crippen LogP contribution >= 0.6 is 0 Å². The first-order chi connectivity index (χ1) is 8.39. The first-order valence-electron chi connectivity index (χ1n) is 5.00. The van der Waals surface area contributed by atoms with Crippen molar-refractivity contribution in [2.24, 2.45) is 0 Å². The summed E-state index contributed by atoms with van der Waals surface area (Å²) in [6, 6.07) is 1.54. The number of rotatable bonds is 3. The van der Waals surface area contributed by atoms with Gasteiger partial charge in [0, 0.05) is 0 Å². The Kier molecular flexibility index (Phi) is 3.12.